The lowest BCUT2D eigenvalue weighted by atomic mass is 10.0. The molecule has 1 aliphatic heterocycles. The van der Waals surface area contributed by atoms with Gasteiger partial charge in [0, 0.05) is 31.1 Å². The van der Waals surface area contributed by atoms with E-state index in [0.717, 1.165) is 49.3 Å². The third-order valence-corrected chi connectivity index (χ3v) is 5.50. The minimum absolute atomic E-state index is 0.534. The normalized spacial score (nSPS) is 15.3. The molecule has 2 aromatic carbocycles. The maximum atomic E-state index is 7.87. The summed E-state index contributed by atoms with van der Waals surface area (Å²) in [6, 6.07) is 17.5. The summed E-state index contributed by atoms with van der Waals surface area (Å²) in [5.41, 5.74) is 6.37. The minimum atomic E-state index is 0.534. The van der Waals surface area contributed by atoms with E-state index in [4.69, 9.17) is 10.1 Å². The smallest absolute Gasteiger partial charge is 0.0642 e. The number of benzene rings is 2. The Balaban J connectivity index is 1.68. The molecule has 0 bridgehead atoms. The van der Waals surface area contributed by atoms with Crippen molar-refractivity contribution in [3.8, 4) is 0 Å². The summed E-state index contributed by atoms with van der Waals surface area (Å²) in [6.07, 6.45) is 0.919. The summed E-state index contributed by atoms with van der Waals surface area (Å²) in [4.78, 5) is 2.37. The molecule has 27 heavy (non-hydrogen) atoms. The van der Waals surface area contributed by atoms with Gasteiger partial charge in [-0.25, -0.2) is 0 Å². The summed E-state index contributed by atoms with van der Waals surface area (Å²) in [7, 11) is 4.60. The molecular weight excluding hydrogens is 353 g/mol. The molecule has 1 heterocycles. The van der Waals surface area contributed by atoms with Crippen LogP contribution >= 0.6 is 9.24 Å². The number of nitrogens with zero attached hydrogens (tertiary/aromatic N) is 1. The molecule has 0 saturated carbocycles. The number of hydrogen-bond acceptors (Lipinski definition) is 4. The summed E-state index contributed by atoms with van der Waals surface area (Å²) < 4.78 is 5.42. The van der Waals surface area contributed by atoms with Crippen molar-refractivity contribution >= 4 is 26.0 Å². The topological polar surface area (TPSA) is 48.4 Å². The van der Waals surface area contributed by atoms with Crippen molar-refractivity contribution in [3.63, 3.8) is 0 Å². The molecule has 1 saturated heterocycles. The highest BCUT2D eigenvalue weighted by Crippen LogP contribution is 2.26. The Labute approximate surface area is 164 Å². The maximum absolute atomic E-state index is 7.87. The fourth-order valence-corrected chi connectivity index (χ4v) is 3.91. The number of nitrogens with one attached hydrogen (secondary N) is 2. The van der Waals surface area contributed by atoms with E-state index in [2.05, 4.69) is 68.0 Å². The van der Waals surface area contributed by atoms with Gasteiger partial charge in [-0.05, 0) is 42.2 Å². The van der Waals surface area contributed by atoms with Crippen LogP contribution in [0.3, 0.4) is 0 Å². The van der Waals surface area contributed by atoms with Gasteiger partial charge in [0.1, 0.15) is 0 Å². The van der Waals surface area contributed by atoms with E-state index >= 15 is 0 Å². The van der Waals surface area contributed by atoms with Crippen molar-refractivity contribution in [2.24, 2.45) is 0 Å². The van der Waals surface area contributed by atoms with Crippen molar-refractivity contribution in [3.05, 3.63) is 70.9 Å². The van der Waals surface area contributed by atoms with Gasteiger partial charge in [0.25, 0.3) is 0 Å². The highest BCUT2D eigenvalue weighted by Gasteiger charge is 2.11. The van der Waals surface area contributed by atoms with E-state index in [1.807, 2.05) is 7.05 Å². The van der Waals surface area contributed by atoms with Crippen LogP contribution in [-0.2, 0) is 11.2 Å². The first-order chi connectivity index (χ1) is 13.1. The van der Waals surface area contributed by atoms with E-state index in [-0.39, 0.29) is 0 Å². The molecule has 0 aromatic heterocycles. The van der Waals surface area contributed by atoms with Crippen LogP contribution in [-0.4, -0.2) is 39.1 Å². The predicted molar refractivity (Wildman–Crippen MR) is 118 cm³/mol. The van der Waals surface area contributed by atoms with E-state index in [0.29, 0.717) is 5.71 Å². The lowest BCUT2D eigenvalue weighted by Gasteiger charge is -2.28. The van der Waals surface area contributed by atoms with Gasteiger partial charge in [0.2, 0.25) is 0 Å². The van der Waals surface area contributed by atoms with Gasteiger partial charge >= 0.3 is 0 Å². The monoisotopic (exact) mass is 381 g/mol. The number of anilines is 1. The van der Waals surface area contributed by atoms with Crippen molar-refractivity contribution in [1.29, 1.82) is 5.41 Å². The second kappa shape index (κ2) is 9.16. The summed E-state index contributed by atoms with van der Waals surface area (Å²) in [6.45, 7) is 5.36. The lowest BCUT2D eigenvalue weighted by molar-refractivity contribution is 0.122. The van der Waals surface area contributed by atoms with Gasteiger partial charge < -0.3 is 20.4 Å². The number of hydrogen-bond donors (Lipinski definition) is 2. The molecule has 2 aromatic rings. The molecule has 3 rings (SSSR count). The number of allylic oxidation sites excluding steroid dienone is 1. The Morgan fingerprint density at radius 2 is 1.59 bits per heavy atom. The highest BCUT2D eigenvalue weighted by atomic mass is 31.0. The summed E-state index contributed by atoms with van der Waals surface area (Å²) in [5, 5.41) is 12.0. The maximum Gasteiger partial charge on any atom is 0.0642 e. The van der Waals surface area contributed by atoms with Crippen LogP contribution in [0.2, 0.25) is 0 Å². The number of ether oxygens (including phenoxy) is 1. The fourth-order valence-electron chi connectivity index (χ4n) is 3.35. The van der Waals surface area contributed by atoms with Crippen LogP contribution in [0, 0.1) is 5.41 Å². The van der Waals surface area contributed by atoms with Crippen LogP contribution in [0.4, 0.5) is 5.69 Å². The molecule has 1 atom stereocenters. The molecule has 142 valence electrons. The van der Waals surface area contributed by atoms with Gasteiger partial charge in [-0.3, -0.25) is 0 Å². The van der Waals surface area contributed by atoms with Crippen LogP contribution in [0.1, 0.15) is 23.6 Å². The van der Waals surface area contributed by atoms with E-state index in [1.165, 1.54) is 16.8 Å². The zero-order chi connectivity index (χ0) is 19.2. The third-order valence-electron chi connectivity index (χ3n) is 4.88. The Kier molecular flexibility index (Phi) is 6.65. The largest absolute Gasteiger partial charge is 0.386 e. The van der Waals surface area contributed by atoms with Crippen LogP contribution in [0.5, 0.6) is 0 Å². The molecule has 4 nitrogen and oxygen atoms in total. The number of morpholine rings is 1. The van der Waals surface area contributed by atoms with Crippen LogP contribution in [0.15, 0.2) is 54.2 Å². The van der Waals surface area contributed by atoms with Gasteiger partial charge in [-0.2, -0.15) is 0 Å². The Morgan fingerprint density at radius 1 is 1.04 bits per heavy atom. The molecule has 1 unspecified atom stereocenters. The molecule has 0 amide bonds. The second-order valence-electron chi connectivity index (χ2n) is 6.80. The summed E-state index contributed by atoms with van der Waals surface area (Å²) >= 11 is 0. The molecule has 0 radical (unpaired) electrons. The van der Waals surface area contributed by atoms with Gasteiger partial charge in [-0.1, -0.05) is 36.4 Å². The van der Waals surface area contributed by atoms with E-state index in [9.17, 15) is 0 Å². The quantitative estimate of drug-likeness (QED) is 0.589. The van der Waals surface area contributed by atoms with Crippen molar-refractivity contribution < 1.29 is 4.74 Å². The Hall–Kier alpha value is -2.16. The third kappa shape index (κ3) is 4.97. The standard InChI is InChI=1S/C22H28N3OP/c1-16(23)21(24-2)22(27)19-7-3-17(4-8-19)15-18-5-9-20(10-6-18)25-11-13-26-14-12-25/h3-10,23-24H,11-15,27H2,1-2H3/b22-21+,23-16?. The summed E-state index contributed by atoms with van der Waals surface area (Å²) in [5.74, 6) is 0. The van der Waals surface area contributed by atoms with Crippen molar-refractivity contribution in [1.82, 2.24) is 5.32 Å². The molecule has 2 N–H and O–H groups in total. The molecule has 1 fully saturated rings. The lowest BCUT2D eigenvalue weighted by Crippen LogP contribution is -2.36. The fraction of sp³-hybridized carbons (Fsp3) is 0.318. The van der Waals surface area contributed by atoms with Crippen molar-refractivity contribution in [2.75, 3.05) is 38.3 Å². The van der Waals surface area contributed by atoms with Gasteiger partial charge in [-0.15, -0.1) is 9.24 Å². The molecule has 0 spiro atoms. The average molecular weight is 381 g/mol. The first-order valence-electron chi connectivity index (χ1n) is 9.32. The molecule has 1 aliphatic rings. The minimum Gasteiger partial charge on any atom is -0.386 e. The first-order valence-corrected chi connectivity index (χ1v) is 9.90. The van der Waals surface area contributed by atoms with Gasteiger partial charge in [0.05, 0.1) is 24.6 Å². The van der Waals surface area contributed by atoms with Crippen molar-refractivity contribution in [2.45, 2.75) is 13.3 Å². The van der Waals surface area contributed by atoms with Crippen LogP contribution < -0.4 is 10.2 Å². The first kappa shape index (κ1) is 19.6. The second-order valence-corrected chi connectivity index (χ2v) is 7.38. The molecule has 5 heteroatoms. The highest BCUT2D eigenvalue weighted by molar-refractivity contribution is 7.31. The average Bonchev–Trinajstić information content (AvgIpc) is 2.70. The predicted octanol–water partition coefficient (Wildman–Crippen LogP) is 3.92. The SMILES string of the molecule is CN/C(C(C)=N)=C(/P)c1ccc(Cc2ccc(N3CCOCC3)cc2)cc1. The van der Waals surface area contributed by atoms with E-state index in [1.54, 1.807) is 6.92 Å². The van der Waals surface area contributed by atoms with E-state index < -0.39 is 0 Å². The van der Waals surface area contributed by atoms with Gasteiger partial charge in [0.15, 0.2) is 0 Å². The van der Waals surface area contributed by atoms with Crippen LogP contribution in [0.25, 0.3) is 5.31 Å². The Bertz CT molecular complexity index is 806. The zero-order valence-electron chi connectivity index (χ0n) is 16.1. The molecular formula is C22H28N3OP. The molecule has 0 aliphatic carbocycles. The number of rotatable bonds is 6. The Morgan fingerprint density at radius 3 is 2.11 bits per heavy atom. The zero-order valence-corrected chi connectivity index (χ0v) is 17.2.